The minimum atomic E-state index is 0.00233. The Labute approximate surface area is 136 Å². The molecule has 1 N–H and O–H groups in total. The normalized spacial score (nSPS) is 16.0. The summed E-state index contributed by atoms with van der Waals surface area (Å²) in [5.41, 5.74) is 1.64. The van der Waals surface area contributed by atoms with Crippen molar-refractivity contribution in [3.63, 3.8) is 0 Å². The van der Waals surface area contributed by atoms with E-state index in [-0.39, 0.29) is 11.9 Å². The van der Waals surface area contributed by atoms with Crippen molar-refractivity contribution in [2.45, 2.75) is 32.2 Å². The van der Waals surface area contributed by atoms with Gasteiger partial charge in [-0.3, -0.25) is 4.79 Å². The summed E-state index contributed by atoms with van der Waals surface area (Å²) in [6.45, 7) is 3.72. The zero-order chi connectivity index (χ0) is 16.1. The number of anilines is 1. The van der Waals surface area contributed by atoms with Crippen LogP contribution in [0.3, 0.4) is 0 Å². The molecular weight excluding hydrogens is 288 g/mol. The summed E-state index contributed by atoms with van der Waals surface area (Å²) in [6.07, 6.45) is 4.81. The molecule has 1 aromatic heterocycles. The number of likely N-dealkylation sites (tertiary alicyclic amines) is 1. The van der Waals surface area contributed by atoms with Crippen LogP contribution in [0.15, 0.2) is 42.7 Å². The van der Waals surface area contributed by atoms with Crippen molar-refractivity contribution < 1.29 is 4.79 Å². The lowest BCUT2D eigenvalue weighted by Crippen LogP contribution is -2.36. The van der Waals surface area contributed by atoms with Crippen LogP contribution in [-0.2, 0) is 0 Å². The molecule has 0 bridgehead atoms. The second kappa shape index (κ2) is 7.22. The molecule has 120 valence electrons. The first kappa shape index (κ1) is 15.5. The SMILES string of the molecule is CC(Nc1cc(C(=O)N2CCCCC2)ncn1)c1ccccc1. The standard InChI is InChI=1S/C18H22N4O/c1-14(15-8-4-2-5-9-15)21-17-12-16(19-13-20-17)18(23)22-10-6-3-7-11-22/h2,4-5,8-9,12-14H,3,6-7,10-11H2,1H3,(H,19,20,21). The highest BCUT2D eigenvalue weighted by Gasteiger charge is 2.20. The van der Waals surface area contributed by atoms with Gasteiger partial charge in [0.25, 0.3) is 5.91 Å². The van der Waals surface area contributed by atoms with E-state index in [4.69, 9.17) is 0 Å². The summed E-state index contributed by atoms with van der Waals surface area (Å²) in [7, 11) is 0. The highest BCUT2D eigenvalue weighted by atomic mass is 16.2. The average Bonchev–Trinajstić information content (AvgIpc) is 2.63. The molecule has 5 nitrogen and oxygen atoms in total. The zero-order valence-electron chi connectivity index (χ0n) is 13.4. The largest absolute Gasteiger partial charge is 0.363 e. The molecule has 1 aromatic carbocycles. The zero-order valence-corrected chi connectivity index (χ0v) is 13.4. The molecule has 1 aliphatic heterocycles. The van der Waals surface area contributed by atoms with E-state index < -0.39 is 0 Å². The van der Waals surface area contributed by atoms with Crippen LogP contribution in [-0.4, -0.2) is 33.9 Å². The molecule has 23 heavy (non-hydrogen) atoms. The van der Waals surface area contributed by atoms with E-state index in [1.165, 1.54) is 18.3 Å². The van der Waals surface area contributed by atoms with Crippen LogP contribution in [0, 0.1) is 0 Å². The van der Waals surface area contributed by atoms with Gasteiger partial charge in [0.2, 0.25) is 0 Å². The number of nitrogens with zero attached hydrogens (tertiary/aromatic N) is 3. The van der Waals surface area contributed by atoms with Gasteiger partial charge in [0.05, 0.1) is 0 Å². The second-order valence-corrected chi connectivity index (χ2v) is 5.92. The van der Waals surface area contributed by atoms with Gasteiger partial charge in [0.15, 0.2) is 0 Å². The van der Waals surface area contributed by atoms with Crippen LogP contribution in [0.1, 0.15) is 48.3 Å². The van der Waals surface area contributed by atoms with Crippen LogP contribution >= 0.6 is 0 Å². The van der Waals surface area contributed by atoms with Crippen LogP contribution in [0.2, 0.25) is 0 Å². The van der Waals surface area contributed by atoms with Crippen molar-refractivity contribution in [3.05, 3.63) is 54.0 Å². The quantitative estimate of drug-likeness (QED) is 0.941. The molecule has 2 aromatic rings. The number of carbonyl (C=O) groups excluding carboxylic acids is 1. The summed E-state index contributed by atoms with van der Waals surface area (Å²) in [5.74, 6) is 0.680. The molecule has 1 amide bonds. The first-order valence-corrected chi connectivity index (χ1v) is 8.17. The number of hydrogen-bond acceptors (Lipinski definition) is 4. The van der Waals surface area contributed by atoms with Gasteiger partial charge in [-0.15, -0.1) is 0 Å². The first-order valence-electron chi connectivity index (χ1n) is 8.17. The maximum atomic E-state index is 12.5. The Hall–Kier alpha value is -2.43. The molecule has 1 fully saturated rings. The average molecular weight is 310 g/mol. The smallest absolute Gasteiger partial charge is 0.272 e. The van der Waals surface area contributed by atoms with Gasteiger partial charge >= 0.3 is 0 Å². The number of piperidine rings is 1. The third-order valence-corrected chi connectivity index (χ3v) is 4.19. The minimum absolute atomic E-state index is 0.00233. The van der Waals surface area contributed by atoms with Gasteiger partial charge in [-0.05, 0) is 31.7 Å². The van der Waals surface area contributed by atoms with Gasteiger partial charge in [0.1, 0.15) is 17.8 Å². The fourth-order valence-corrected chi connectivity index (χ4v) is 2.86. The molecule has 1 aliphatic rings. The number of aromatic nitrogens is 2. The number of nitrogens with one attached hydrogen (secondary N) is 1. The molecule has 1 unspecified atom stereocenters. The molecule has 0 saturated carbocycles. The Morgan fingerprint density at radius 2 is 1.87 bits per heavy atom. The Balaban J connectivity index is 1.71. The van der Waals surface area contributed by atoms with Crippen LogP contribution in [0.25, 0.3) is 0 Å². The monoisotopic (exact) mass is 310 g/mol. The second-order valence-electron chi connectivity index (χ2n) is 5.92. The molecule has 3 rings (SSSR count). The molecule has 2 heterocycles. The Morgan fingerprint density at radius 1 is 1.13 bits per heavy atom. The van der Waals surface area contributed by atoms with Gasteiger partial charge in [-0.2, -0.15) is 0 Å². The van der Waals surface area contributed by atoms with Crippen molar-refractivity contribution in [1.82, 2.24) is 14.9 Å². The molecule has 5 heteroatoms. The minimum Gasteiger partial charge on any atom is -0.363 e. The maximum Gasteiger partial charge on any atom is 0.272 e. The summed E-state index contributed by atoms with van der Waals surface area (Å²) in [6, 6.07) is 12.0. The lowest BCUT2D eigenvalue weighted by atomic mass is 10.1. The molecular formula is C18H22N4O. The summed E-state index contributed by atoms with van der Waals surface area (Å²) < 4.78 is 0. The van der Waals surface area contributed by atoms with Crippen LogP contribution in [0.5, 0.6) is 0 Å². The highest BCUT2D eigenvalue weighted by Crippen LogP contribution is 2.18. The van der Waals surface area contributed by atoms with E-state index in [1.54, 1.807) is 6.07 Å². The molecule has 1 saturated heterocycles. The van der Waals surface area contributed by atoms with Crippen molar-refractivity contribution in [1.29, 1.82) is 0 Å². The Kier molecular flexibility index (Phi) is 4.86. The summed E-state index contributed by atoms with van der Waals surface area (Å²) in [4.78, 5) is 22.8. The summed E-state index contributed by atoms with van der Waals surface area (Å²) in [5, 5.41) is 3.33. The lowest BCUT2D eigenvalue weighted by molar-refractivity contribution is 0.0718. The molecule has 1 atom stereocenters. The van der Waals surface area contributed by atoms with E-state index >= 15 is 0 Å². The van der Waals surface area contributed by atoms with Crippen molar-refractivity contribution in [3.8, 4) is 0 Å². The van der Waals surface area contributed by atoms with Crippen molar-refractivity contribution in [2.75, 3.05) is 18.4 Å². The fraction of sp³-hybridized carbons (Fsp3) is 0.389. The Morgan fingerprint density at radius 3 is 2.61 bits per heavy atom. The fourth-order valence-electron chi connectivity index (χ4n) is 2.86. The van der Waals surface area contributed by atoms with Gasteiger partial charge in [-0.25, -0.2) is 9.97 Å². The van der Waals surface area contributed by atoms with Gasteiger partial charge < -0.3 is 10.2 Å². The number of hydrogen-bond donors (Lipinski definition) is 1. The number of carbonyl (C=O) groups is 1. The van der Waals surface area contributed by atoms with Crippen LogP contribution < -0.4 is 5.32 Å². The van der Waals surface area contributed by atoms with Gasteiger partial charge in [-0.1, -0.05) is 30.3 Å². The van der Waals surface area contributed by atoms with E-state index in [2.05, 4.69) is 34.3 Å². The van der Waals surface area contributed by atoms with E-state index in [9.17, 15) is 4.79 Å². The maximum absolute atomic E-state index is 12.5. The predicted molar refractivity (Wildman–Crippen MR) is 90.3 cm³/mol. The third-order valence-electron chi connectivity index (χ3n) is 4.19. The van der Waals surface area contributed by atoms with Crippen molar-refractivity contribution in [2.24, 2.45) is 0 Å². The lowest BCUT2D eigenvalue weighted by Gasteiger charge is -2.26. The third kappa shape index (κ3) is 3.86. The van der Waals surface area contributed by atoms with E-state index in [0.717, 1.165) is 25.9 Å². The number of rotatable bonds is 4. The molecule has 0 radical (unpaired) electrons. The van der Waals surface area contributed by atoms with E-state index in [1.807, 2.05) is 23.1 Å². The Bertz CT molecular complexity index is 653. The predicted octanol–water partition coefficient (Wildman–Crippen LogP) is 3.28. The topological polar surface area (TPSA) is 58.1 Å². The first-order chi connectivity index (χ1) is 11.2. The summed E-state index contributed by atoms with van der Waals surface area (Å²) >= 11 is 0. The van der Waals surface area contributed by atoms with Gasteiger partial charge in [0, 0.05) is 25.2 Å². The molecule has 0 aliphatic carbocycles. The van der Waals surface area contributed by atoms with E-state index in [0.29, 0.717) is 11.5 Å². The van der Waals surface area contributed by atoms with Crippen LogP contribution in [0.4, 0.5) is 5.82 Å². The highest BCUT2D eigenvalue weighted by molar-refractivity contribution is 5.92. The molecule has 0 spiro atoms. The van der Waals surface area contributed by atoms with Crippen molar-refractivity contribution >= 4 is 11.7 Å². The number of amides is 1. The number of benzene rings is 1.